The van der Waals surface area contributed by atoms with Crippen LogP contribution in [0.15, 0.2) is 12.0 Å². The molecule has 0 aliphatic heterocycles. The molecule has 17 heavy (non-hydrogen) atoms. The van der Waals surface area contributed by atoms with Crippen LogP contribution >= 0.6 is 0 Å². The summed E-state index contributed by atoms with van der Waals surface area (Å²) in [5.41, 5.74) is -0.368. The van der Waals surface area contributed by atoms with Gasteiger partial charge < -0.3 is 23.1 Å². The Balaban J connectivity index is 4.56. The number of hydrogen-bond donors (Lipinski definition) is 0. The second-order valence-electron chi connectivity index (χ2n) is 3.11. The maximum atomic E-state index is 11.7. The maximum Gasteiger partial charge on any atom is 0.377 e. The van der Waals surface area contributed by atoms with Gasteiger partial charge in [0.25, 0.3) is 0 Å². The van der Waals surface area contributed by atoms with E-state index in [0.29, 0.717) is 6.42 Å². The van der Waals surface area contributed by atoms with E-state index in [9.17, 15) is 4.79 Å². The number of carbonyl (C=O) groups is 1. The second kappa shape index (κ2) is 9.03. The first-order valence-corrected chi connectivity index (χ1v) is 6.79. The summed E-state index contributed by atoms with van der Waals surface area (Å²) in [6.45, 7) is 1.89. The van der Waals surface area contributed by atoms with Gasteiger partial charge in [-0.15, -0.1) is 0 Å². The maximum absolute atomic E-state index is 11.7. The topological polar surface area (TPSA) is 63.2 Å². The molecule has 6 nitrogen and oxygen atoms in total. The molecule has 0 amide bonds. The van der Waals surface area contributed by atoms with E-state index in [2.05, 4.69) is 0 Å². The smallest absolute Gasteiger partial charge is 0.377 e. The van der Waals surface area contributed by atoms with Crippen LogP contribution in [0.25, 0.3) is 0 Å². The highest BCUT2D eigenvalue weighted by molar-refractivity contribution is 6.46. The van der Waals surface area contributed by atoms with Crippen LogP contribution in [-0.2, 0) is 27.9 Å². The zero-order valence-electron chi connectivity index (χ0n) is 10.9. The summed E-state index contributed by atoms with van der Waals surface area (Å²) < 4.78 is 25.1. The normalized spacial score (nSPS) is 13.4. The molecule has 0 aliphatic carbocycles. The molecule has 100 valence electrons. The van der Waals surface area contributed by atoms with Crippen molar-refractivity contribution in [3.63, 3.8) is 0 Å². The van der Waals surface area contributed by atoms with Crippen molar-refractivity contribution in [3.8, 4) is 0 Å². The Bertz CT molecular complexity index is 251. The van der Waals surface area contributed by atoms with Gasteiger partial charge in [-0.05, 0) is 6.42 Å². The molecule has 0 aliphatic rings. The molecular formula is C10H20O6Si. The molecule has 1 atom stereocenters. The number of ether oxygens (including phenoxy) is 3. The zero-order valence-corrected chi connectivity index (χ0v) is 12.0. The highest BCUT2D eigenvalue weighted by atomic mass is 28.3. The van der Waals surface area contributed by atoms with E-state index in [1.54, 1.807) is 14.2 Å². The summed E-state index contributed by atoms with van der Waals surface area (Å²) in [7, 11) is 3.87. The Labute approximate surface area is 103 Å². The van der Waals surface area contributed by atoms with Gasteiger partial charge in [-0.25, -0.2) is 4.79 Å². The van der Waals surface area contributed by atoms with Crippen molar-refractivity contribution in [2.24, 2.45) is 0 Å². The van der Waals surface area contributed by atoms with Crippen LogP contribution < -0.4 is 0 Å². The molecule has 7 heteroatoms. The van der Waals surface area contributed by atoms with Crippen LogP contribution in [0.1, 0.15) is 13.3 Å². The molecule has 0 radical (unpaired) electrons. The lowest BCUT2D eigenvalue weighted by molar-refractivity contribution is -0.146. The van der Waals surface area contributed by atoms with Gasteiger partial charge in [0.15, 0.2) is 0 Å². The summed E-state index contributed by atoms with van der Waals surface area (Å²) in [5.74, 6) is -0.585. The summed E-state index contributed by atoms with van der Waals surface area (Å²) in [6.07, 6.45) is 1.81. The van der Waals surface area contributed by atoms with Crippen LogP contribution in [0.5, 0.6) is 0 Å². The van der Waals surface area contributed by atoms with Crippen LogP contribution in [0.3, 0.4) is 0 Å². The quantitative estimate of drug-likeness (QED) is 0.275. The number of rotatable bonds is 8. The van der Waals surface area contributed by atoms with E-state index in [0.717, 1.165) is 0 Å². The average molecular weight is 264 g/mol. The molecule has 0 heterocycles. The standard InChI is InChI=1S/C10H20O6Si/c1-6-9(17(14-4)15-5)16-10(11)8(13-3)7-12-2/h7,9,17H,6H2,1-5H3. The molecule has 0 spiro atoms. The Morgan fingerprint density at radius 2 is 1.82 bits per heavy atom. The predicted molar refractivity (Wildman–Crippen MR) is 63.4 cm³/mol. The van der Waals surface area contributed by atoms with Crippen LogP contribution in [0.4, 0.5) is 0 Å². The minimum absolute atomic E-state index is 0.00547. The molecule has 0 N–H and O–H groups in total. The fourth-order valence-corrected chi connectivity index (χ4v) is 2.63. The van der Waals surface area contributed by atoms with Gasteiger partial charge in [0.2, 0.25) is 5.76 Å². The fraction of sp³-hybridized carbons (Fsp3) is 0.700. The lowest BCUT2D eigenvalue weighted by Gasteiger charge is -2.21. The van der Waals surface area contributed by atoms with Crippen molar-refractivity contribution in [2.75, 3.05) is 28.4 Å². The molecule has 1 unspecified atom stereocenters. The van der Waals surface area contributed by atoms with Gasteiger partial charge in [0, 0.05) is 14.2 Å². The molecule has 0 aromatic carbocycles. The van der Waals surface area contributed by atoms with Gasteiger partial charge in [-0.1, -0.05) is 6.92 Å². The van der Waals surface area contributed by atoms with E-state index in [1.165, 1.54) is 20.5 Å². The van der Waals surface area contributed by atoms with E-state index in [-0.39, 0.29) is 11.5 Å². The molecule has 0 saturated heterocycles. The lowest BCUT2D eigenvalue weighted by Crippen LogP contribution is -2.39. The van der Waals surface area contributed by atoms with Crippen LogP contribution in [0.2, 0.25) is 0 Å². The number of hydrogen-bond acceptors (Lipinski definition) is 6. The van der Waals surface area contributed by atoms with E-state index in [1.807, 2.05) is 6.92 Å². The molecule has 0 aromatic heterocycles. The fourth-order valence-electron chi connectivity index (χ4n) is 1.21. The summed E-state index contributed by atoms with van der Waals surface area (Å²) in [5, 5.41) is 0. The number of esters is 1. The van der Waals surface area contributed by atoms with Gasteiger partial charge in [0.05, 0.1) is 14.2 Å². The summed E-state index contributed by atoms with van der Waals surface area (Å²) >= 11 is 0. The van der Waals surface area contributed by atoms with Crippen LogP contribution in [-0.4, -0.2) is 49.4 Å². The highest BCUT2D eigenvalue weighted by Gasteiger charge is 2.28. The summed E-state index contributed by atoms with van der Waals surface area (Å²) in [6, 6.07) is 0. The Kier molecular flexibility index (Phi) is 8.47. The first-order valence-electron chi connectivity index (χ1n) is 5.18. The Morgan fingerprint density at radius 1 is 1.24 bits per heavy atom. The Hall–Kier alpha value is -1.05. The second-order valence-corrected chi connectivity index (χ2v) is 5.54. The van der Waals surface area contributed by atoms with E-state index in [4.69, 9.17) is 23.1 Å². The third-order valence-corrected chi connectivity index (χ3v) is 4.22. The highest BCUT2D eigenvalue weighted by Crippen LogP contribution is 2.09. The van der Waals surface area contributed by atoms with Crippen molar-refractivity contribution < 1.29 is 27.9 Å². The Morgan fingerprint density at radius 3 is 2.18 bits per heavy atom. The third kappa shape index (κ3) is 5.20. The van der Waals surface area contributed by atoms with Crippen molar-refractivity contribution in [3.05, 3.63) is 12.0 Å². The summed E-state index contributed by atoms with van der Waals surface area (Å²) in [4.78, 5) is 11.7. The van der Waals surface area contributed by atoms with Crippen molar-refractivity contribution in [2.45, 2.75) is 19.1 Å². The van der Waals surface area contributed by atoms with Gasteiger partial charge in [0.1, 0.15) is 12.0 Å². The minimum Gasteiger partial charge on any atom is -0.500 e. The average Bonchev–Trinajstić information content (AvgIpc) is 2.35. The first-order chi connectivity index (χ1) is 8.14. The first kappa shape index (κ1) is 15.9. The van der Waals surface area contributed by atoms with E-state index >= 15 is 0 Å². The molecule has 0 saturated carbocycles. The van der Waals surface area contributed by atoms with Crippen LogP contribution in [0, 0.1) is 0 Å². The third-order valence-electron chi connectivity index (χ3n) is 2.07. The molecule has 0 fully saturated rings. The monoisotopic (exact) mass is 264 g/mol. The number of carbonyl (C=O) groups excluding carboxylic acids is 1. The lowest BCUT2D eigenvalue weighted by atomic mass is 10.5. The minimum atomic E-state index is -2.00. The SMILES string of the molecule is CCC(OC(=O)C(=COC)OC)[SiH](OC)OC. The van der Waals surface area contributed by atoms with Crippen molar-refractivity contribution >= 4 is 15.3 Å². The van der Waals surface area contributed by atoms with Gasteiger partial charge in [-0.2, -0.15) is 0 Å². The van der Waals surface area contributed by atoms with Gasteiger partial charge in [-0.3, -0.25) is 0 Å². The predicted octanol–water partition coefficient (Wildman–Crippen LogP) is 0.495. The largest absolute Gasteiger partial charge is 0.500 e. The molecule has 0 bridgehead atoms. The van der Waals surface area contributed by atoms with Gasteiger partial charge >= 0.3 is 15.3 Å². The molecular weight excluding hydrogens is 244 g/mol. The van der Waals surface area contributed by atoms with Crippen molar-refractivity contribution in [1.29, 1.82) is 0 Å². The molecule has 0 rings (SSSR count). The van der Waals surface area contributed by atoms with E-state index < -0.39 is 15.3 Å². The molecule has 0 aromatic rings. The van der Waals surface area contributed by atoms with Crippen molar-refractivity contribution in [1.82, 2.24) is 0 Å². The number of methoxy groups -OCH3 is 2. The zero-order chi connectivity index (χ0) is 13.3.